The third-order valence-corrected chi connectivity index (χ3v) is 5.32. The third-order valence-electron chi connectivity index (χ3n) is 3.97. The van der Waals surface area contributed by atoms with Gasteiger partial charge in [0.05, 0.1) is 11.8 Å². The molecule has 1 heterocycles. The van der Waals surface area contributed by atoms with Crippen LogP contribution in [0, 0.1) is 5.82 Å². The summed E-state index contributed by atoms with van der Waals surface area (Å²) in [6.45, 7) is 3.67. The predicted molar refractivity (Wildman–Crippen MR) is 111 cm³/mol. The summed E-state index contributed by atoms with van der Waals surface area (Å²) >= 11 is 4.54. The second-order valence-corrected chi connectivity index (χ2v) is 8.09. The van der Waals surface area contributed by atoms with Crippen LogP contribution < -0.4 is 10.1 Å². The van der Waals surface area contributed by atoms with Crippen molar-refractivity contribution >= 4 is 33.6 Å². The van der Waals surface area contributed by atoms with Gasteiger partial charge < -0.3 is 14.5 Å². The lowest BCUT2D eigenvalue weighted by molar-refractivity contribution is -0.119. The normalized spacial score (nSPS) is 13.0. The second-order valence-electron chi connectivity index (χ2n) is 6.25. The molecule has 0 radical (unpaired) electrons. The molecular formula is C20H19BrFN3O3S. The Morgan fingerprint density at radius 2 is 1.86 bits per heavy atom. The average Bonchev–Trinajstić information content (AvgIpc) is 3.18. The minimum Gasteiger partial charge on any atom is -0.481 e. The second kappa shape index (κ2) is 9.89. The number of hydrogen-bond donors (Lipinski definition) is 1. The van der Waals surface area contributed by atoms with E-state index in [9.17, 15) is 9.18 Å². The summed E-state index contributed by atoms with van der Waals surface area (Å²) in [4.78, 5) is 12.2. The minimum absolute atomic E-state index is 0.112. The van der Waals surface area contributed by atoms with E-state index < -0.39 is 6.10 Å². The van der Waals surface area contributed by atoms with E-state index in [0.717, 1.165) is 21.8 Å². The van der Waals surface area contributed by atoms with Crippen LogP contribution in [0.4, 0.5) is 4.39 Å². The molecule has 152 valence electrons. The van der Waals surface area contributed by atoms with Crippen molar-refractivity contribution in [1.82, 2.24) is 15.5 Å². The van der Waals surface area contributed by atoms with E-state index in [1.165, 1.54) is 24.3 Å². The Morgan fingerprint density at radius 1 is 1.17 bits per heavy atom. The van der Waals surface area contributed by atoms with E-state index in [0.29, 0.717) is 5.75 Å². The van der Waals surface area contributed by atoms with Crippen LogP contribution in [-0.4, -0.2) is 21.9 Å². The van der Waals surface area contributed by atoms with E-state index in [4.69, 9.17) is 9.15 Å². The molecule has 1 amide bonds. The Hall–Kier alpha value is -2.39. The molecule has 2 atom stereocenters. The van der Waals surface area contributed by atoms with Crippen molar-refractivity contribution in [1.29, 1.82) is 0 Å². The average molecular weight is 480 g/mol. The largest absolute Gasteiger partial charge is 0.481 e. The van der Waals surface area contributed by atoms with Gasteiger partial charge in [0.1, 0.15) is 11.6 Å². The van der Waals surface area contributed by atoms with Crippen LogP contribution in [0.25, 0.3) is 0 Å². The number of benzene rings is 2. The van der Waals surface area contributed by atoms with Crippen LogP contribution in [0.5, 0.6) is 5.75 Å². The van der Waals surface area contributed by atoms with Gasteiger partial charge in [-0.1, -0.05) is 39.8 Å². The fraction of sp³-hybridized carbons (Fsp3) is 0.250. The highest BCUT2D eigenvalue weighted by Gasteiger charge is 2.17. The van der Waals surface area contributed by atoms with Gasteiger partial charge in [-0.15, -0.1) is 10.2 Å². The molecule has 0 aliphatic rings. The summed E-state index contributed by atoms with van der Waals surface area (Å²) in [6, 6.07) is 13.3. The van der Waals surface area contributed by atoms with Crippen molar-refractivity contribution < 1.29 is 18.3 Å². The first-order valence-corrected chi connectivity index (χ1v) is 10.6. The van der Waals surface area contributed by atoms with Crippen LogP contribution in [0.3, 0.4) is 0 Å². The Labute approximate surface area is 180 Å². The first kappa shape index (κ1) is 21.3. The van der Waals surface area contributed by atoms with Crippen molar-refractivity contribution in [3.63, 3.8) is 0 Å². The SMILES string of the molecule is C[C@H](NC(=O)CSc1nnc([C@@H](C)Oc2ccc(F)cc2)o1)c1ccc(Br)cc1. The first-order valence-electron chi connectivity index (χ1n) is 8.84. The van der Waals surface area contributed by atoms with Gasteiger partial charge in [0.2, 0.25) is 5.91 Å². The van der Waals surface area contributed by atoms with E-state index in [2.05, 4.69) is 31.4 Å². The number of carbonyl (C=O) groups is 1. The van der Waals surface area contributed by atoms with E-state index in [1.54, 1.807) is 6.92 Å². The van der Waals surface area contributed by atoms with Gasteiger partial charge in [-0.3, -0.25) is 4.79 Å². The van der Waals surface area contributed by atoms with Gasteiger partial charge in [-0.05, 0) is 55.8 Å². The molecule has 0 aliphatic carbocycles. The molecule has 1 aromatic heterocycles. The van der Waals surface area contributed by atoms with Crippen LogP contribution in [0.1, 0.15) is 37.4 Å². The molecule has 0 spiro atoms. The molecule has 1 N–H and O–H groups in total. The number of hydrogen-bond acceptors (Lipinski definition) is 6. The van der Waals surface area contributed by atoms with Gasteiger partial charge in [-0.2, -0.15) is 0 Å². The highest BCUT2D eigenvalue weighted by Crippen LogP contribution is 2.24. The molecule has 29 heavy (non-hydrogen) atoms. The number of amides is 1. The van der Waals surface area contributed by atoms with E-state index >= 15 is 0 Å². The van der Waals surface area contributed by atoms with Crippen molar-refractivity contribution in [2.24, 2.45) is 0 Å². The fourth-order valence-corrected chi connectivity index (χ4v) is 3.30. The first-order chi connectivity index (χ1) is 13.9. The van der Waals surface area contributed by atoms with E-state index in [-0.39, 0.29) is 34.6 Å². The molecule has 6 nitrogen and oxygen atoms in total. The Morgan fingerprint density at radius 3 is 2.55 bits per heavy atom. The lowest BCUT2D eigenvalue weighted by Gasteiger charge is -2.14. The number of nitrogens with one attached hydrogen (secondary N) is 1. The lowest BCUT2D eigenvalue weighted by atomic mass is 10.1. The van der Waals surface area contributed by atoms with Crippen LogP contribution in [-0.2, 0) is 4.79 Å². The molecule has 0 fully saturated rings. The summed E-state index contributed by atoms with van der Waals surface area (Å²) in [5, 5.41) is 11.1. The van der Waals surface area contributed by atoms with Gasteiger partial charge in [0.25, 0.3) is 11.1 Å². The van der Waals surface area contributed by atoms with Gasteiger partial charge in [0.15, 0.2) is 6.10 Å². The Bertz CT molecular complexity index is 950. The van der Waals surface area contributed by atoms with Gasteiger partial charge in [0, 0.05) is 4.47 Å². The molecule has 3 aromatic rings. The highest BCUT2D eigenvalue weighted by atomic mass is 79.9. The summed E-state index contributed by atoms with van der Waals surface area (Å²) in [7, 11) is 0. The monoisotopic (exact) mass is 479 g/mol. The van der Waals surface area contributed by atoms with Crippen molar-refractivity contribution in [2.75, 3.05) is 5.75 Å². The number of aromatic nitrogens is 2. The quantitative estimate of drug-likeness (QED) is 0.453. The molecule has 9 heteroatoms. The number of thioether (sulfide) groups is 1. The smallest absolute Gasteiger partial charge is 0.277 e. The number of nitrogens with zero attached hydrogens (tertiary/aromatic N) is 2. The Kier molecular flexibility index (Phi) is 7.27. The van der Waals surface area contributed by atoms with Crippen LogP contribution >= 0.6 is 27.7 Å². The number of rotatable bonds is 8. The molecular weight excluding hydrogens is 461 g/mol. The maximum absolute atomic E-state index is 13.0. The summed E-state index contributed by atoms with van der Waals surface area (Å²) in [5.41, 5.74) is 1.01. The molecule has 0 saturated carbocycles. The minimum atomic E-state index is -0.506. The lowest BCUT2D eigenvalue weighted by Crippen LogP contribution is -2.28. The van der Waals surface area contributed by atoms with E-state index in [1.807, 2.05) is 31.2 Å². The summed E-state index contributed by atoms with van der Waals surface area (Å²) in [5.74, 6) is 0.443. The zero-order chi connectivity index (χ0) is 20.8. The summed E-state index contributed by atoms with van der Waals surface area (Å²) in [6.07, 6.45) is -0.506. The number of halogens is 2. The summed E-state index contributed by atoms with van der Waals surface area (Å²) < 4.78 is 25.1. The highest BCUT2D eigenvalue weighted by molar-refractivity contribution is 9.10. The van der Waals surface area contributed by atoms with Crippen molar-refractivity contribution in [3.05, 3.63) is 70.3 Å². The maximum atomic E-state index is 13.0. The standard InChI is InChI=1S/C20H19BrFN3O3S/c1-12(14-3-5-15(21)6-4-14)23-18(26)11-29-20-25-24-19(28-20)13(2)27-17-9-7-16(22)8-10-17/h3-10,12-13H,11H2,1-2H3,(H,23,26)/t12-,13+/m0/s1. The predicted octanol–water partition coefficient (Wildman–Crippen LogP) is 5.08. The number of carbonyl (C=O) groups excluding carboxylic acids is 1. The fourth-order valence-electron chi connectivity index (χ4n) is 2.46. The topological polar surface area (TPSA) is 77.2 Å². The van der Waals surface area contributed by atoms with Crippen LogP contribution in [0.2, 0.25) is 0 Å². The molecule has 0 unspecified atom stereocenters. The zero-order valence-corrected chi connectivity index (χ0v) is 18.2. The van der Waals surface area contributed by atoms with Gasteiger partial charge >= 0.3 is 0 Å². The molecule has 0 saturated heterocycles. The van der Waals surface area contributed by atoms with Crippen molar-refractivity contribution in [3.8, 4) is 5.75 Å². The number of ether oxygens (including phenoxy) is 1. The van der Waals surface area contributed by atoms with Crippen LogP contribution in [0.15, 0.2) is 62.6 Å². The van der Waals surface area contributed by atoms with Crippen molar-refractivity contribution in [2.45, 2.75) is 31.2 Å². The molecule has 3 rings (SSSR count). The van der Waals surface area contributed by atoms with Gasteiger partial charge in [-0.25, -0.2) is 4.39 Å². The molecule has 0 bridgehead atoms. The Balaban J connectivity index is 1.48. The zero-order valence-electron chi connectivity index (χ0n) is 15.8. The molecule has 0 aliphatic heterocycles. The third kappa shape index (κ3) is 6.30. The maximum Gasteiger partial charge on any atom is 0.277 e. The molecule has 2 aromatic carbocycles.